The van der Waals surface area contributed by atoms with Gasteiger partial charge in [0.15, 0.2) is 5.11 Å². The number of rotatable bonds is 5. The maximum Gasteiger partial charge on any atom is 0.250 e. The molecular weight excluding hydrogens is 260 g/mol. The quantitative estimate of drug-likeness (QED) is 0.640. The average Bonchev–Trinajstić information content (AvgIpc) is 2.43. The first-order chi connectivity index (χ1) is 9.15. The van der Waals surface area contributed by atoms with Gasteiger partial charge >= 0.3 is 0 Å². The lowest BCUT2D eigenvalue weighted by Crippen LogP contribution is -2.38. The monoisotopic (exact) mass is 278 g/mol. The standard InChI is InChI=1S/C14H18N2O2S/c1-3-10-15-14(19)16-13(17)9-6-11-4-7-12(18-2)8-5-11/h4-9H,3,10H2,1-2H3,(H2,15,16,17,19)/b9-6+. The number of methoxy groups -OCH3 is 1. The van der Waals surface area contributed by atoms with Gasteiger partial charge in [-0.1, -0.05) is 19.1 Å². The Morgan fingerprint density at radius 3 is 2.63 bits per heavy atom. The van der Waals surface area contributed by atoms with Crippen LogP contribution in [0.5, 0.6) is 5.75 Å². The molecule has 0 spiro atoms. The molecule has 0 saturated heterocycles. The minimum Gasteiger partial charge on any atom is -0.497 e. The highest BCUT2D eigenvalue weighted by Gasteiger charge is 1.99. The van der Waals surface area contributed by atoms with Crippen LogP contribution in [0.4, 0.5) is 0 Å². The summed E-state index contributed by atoms with van der Waals surface area (Å²) < 4.78 is 5.06. The van der Waals surface area contributed by atoms with Gasteiger partial charge < -0.3 is 10.1 Å². The molecule has 4 nitrogen and oxygen atoms in total. The molecule has 1 amide bonds. The van der Waals surface area contributed by atoms with Crippen molar-refractivity contribution in [3.05, 3.63) is 35.9 Å². The molecule has 0 aliphatic carbocycles. The van der Waals surface area contributed by atoms with E-state index in [0.717, 1.165) is 24.3 Å². The third kappa shape index (κ3) is 6.01. The van der Waals surface area contributed by atoms with Gasteiger partial charge in [-0.05, 0) is 42.4 Å². The van der Waals surface area contributed by atoms with E-state index in [9.17, 15) is 4.79 Å². The fourth-order valence-electron chi connectivity index (χ4n) is 1.32. The molecule has 102 valence electrons. The maximum atomic E-state index is 11.6. The molecule has 0 unspecified atom stereocenters. The second-order valence-corrected chi connectivity index (χ2v) is 4.26. The molecule has 19 heavy (non-hydrogen) atoms. The molecule has 0 aliphatic heterocycles. The first-order valence-corrected chi connectivity index (χ1v) is 6.47. The van der Waals surface area contributed by atoms with Gasteiger partial charge in [0.1, 0.15) is 5.75 Å². The molecule has 0 aliphatic rings. The summed E-state index contributed by atoms with van der Waals surface area (Å²) in [6.07, 6.45) is 4.12. The van der Waals surface area contributed by atoms with Crippen molar-refractivity contribution >= 4 is 29.3 Å². The van der Waals surface area contributed by atoms with E-state index < -0.39 is 0 Å². The van der Waals surface area contributed by atoms with Crippen LogP contribution in [0.1, 0.15) is 18.9 Å². The van der Waals surface area contributed by atoms with Gasteiger partial charge in [0, 0.05) is 12.6 Å². The smallest absolute Gasteiger partial charge is 0.250 e. The Morgan fingerprint density at radius 1 is 1.37 bits per heavy atom. The van der Waals surface area contributed by atoms with Gasteiger partial charge in [-0.25, -0.2) is 0 Å². The zero-order chi connectivity index (χ0) is 14.1. The van der Waals surface area contributed by atoms with E-state index in [4.69, 9.17) is 17.0 Å². The second-order valence-electron chi connectivity index (χ2n) is 3.85. The lowest BCUT2D eigenvalue weighted by molar-refractivity contribution is -0.115. The van der Waals surface area contributed by atoms with Gasteiger partial charge in [0.2, 0.25) is 5.91 Å². The zero-order valence-corrected chi connectivity index (χ0v) is 11.9. The first-order valence-electron chi connectivity index (χ1n) is 6.06. The van der Waals surface area contributed by atoms with E-state index in [1.54, 1.807) is 13.2 Å². The van der Waals surface area contributed by atoms with E-state index >= 15 is 0 Å². The molecule has 5 heteroatoms. The summed E-state index contributed by atoms with van der Waals surface area (Å²) in [5, 5.41) is 5.86. The van der Waals surface area contributed by atoms with Crippen molar-refractivity contribution in [2.75, 3.05) is 13.7 Å². The van der Waals surface area contributed by atoms with Gasteiger partial charge in [0.05, 0.1) is 7.11 Å². The van der Waals surface area contributed by atoms with Crippen LogP contribution in [-0.4, -0.2) is 24.7 Å². The van der Waals surface area contributed by atoms with Crippen LogP contribution in [0.15, 0.2) is 30.3 Å². The molecule has 2 N–H and O–H groups in total. The summed E-state index contributed by atoms with van der Waals surface area (Å²) in [7, 11) is 1.61. The first kappa shape index (κ1) is 15.2. The summed E-state index contributed by atoms with van der Waals surface area (Å²) in [5.41, 5.74) is 0.920. The predicted octanol–water partition coefficient (Wildman–Crippen LogP) is 2.11. The summed E-state index contributed by atoms with van der Waals surface area (Å²) in [6, 6.07) is 7.42. The fraction of sp³-hybridized carbons (Fsp3) is 0.286. The van der Waals surface area contributed by atoms with Crippen molar-refractivity contribution in [2.24, 2.45) is 0 Å². The molecule has 1 rings (SSSR count). The molecule has 0 atom stereocenters. The molecular formula is C14H18N2O2S. The Morgan fingerprint density at radius 2 is 2.05 bits per heavy atom. The summed E-state index contributed by atoms with van der Waals surface area (Å²) in [5.74, 6) is 0.538. The molecule has 0 saturated carbocycles. The third-order valence-electron chi connectivity index (χ3n) is 2.32. The molecule has 0 heterocycles. The summed E-state index contributed by atoms with van der Waals surface area (Å²) in [4.78, 5) is 11.6. The van der Waals surface area contributed by atoms with Gasteiger partial charge in [-0.15, -0.1) is 0 Å². The van der Waals surface area contributed by atoms with Crippen LogP contribution < -0.4 is 15.4 Å². The van der Waals surface area contributed by atoms with Crippen molar-refractivity contribution in [2.45, 2.75) is 13.3 Å². The molecule has 0 aromatic heterocycles. The fourth-order valence-corrected chi connectivity index (χ4v) is 1.53. The lowest BCUT2D eigenvalue weighted by atomic mass is 10.2. The number of hydrogen-bond donors (Lipinski definition) is 2. The molecule has 0 bridgehead atoms. The Balaban J connectivity index is 2.46. The van der Waals surface area contributed by atoms with E-state index in [2.05, 4.69) is 10.6 Å². The van der Waals surface area contributed by atoms with E-state index in [1.807, 2.05) is 31.2 Å². The van der Waals surface area contributed by atoms with Crippen molar-refractivity contribution in [1.82, 2.24) is 10.6 Å². The summed E-state index contributed by atoms with van der Waals surface area (Å²) in [6.45, 7) is 2.78. The minimum atomic E-state index is -0.246. The van der Waals surface area contributed by atoms with Crippen LogP contribution in [0.3, 0.4) is 0 Å². The Bertz CT molecular complexity index is 455. The van der Waals surface area contributed by atoms with Crippen molar-refractivity contribution in [3.8, 4) is 5.75 Å². The van der Waals surface area contributed by atoms with Gasteiger partial charge in [0.25, 0.3) is 0 Å². The summed E-state index contributed by atoms with van der Waals surface area (Å²) >= 11 is 4.97. The van der Waals surface area contributed by atoms with Crippen LogP contribution in [0, 0.1) is 0 Å². The topological polar surface area (TPSA) is 50.4 Å². The number of benzene rings is 1. The lowest BCUT2D eigenvalue weighted by Gasteiger charge is -2.05. The van der Waals surface area contributed by atoms with Crippen LogP contribution in [0.25, 0.3) is 6.08 Å². The average molecular weight is 278 g/mol. The number of thiocarbonyl (C=S) groups is 1. The second kappa shape index (κ2) is 8.26. The Hall–Kier alpha value is -1.88. The number of ether oxygens (including phenoxy) is 1. The number of hydrogen-bond acceptors (Lipinski definition) is 3. The highest BCUT2D eigenvalue weighted by molar-refractivity contribution is 7.80. The maximum absolute atomic E-state index is 11.6. The van der Waals surface area contributed by atoms with Crippen molar-refractivity contribution in [1.29, 1.82) is 0 Å². The van der Waals surface area contributed by atoms with E-state index in [1.165, 1.54) is 6.08 Å². The third-order valence-corrected chi connectivity index (χ3v) is 2.56. The Kier molecular flexibility index (Phi) is 6.60. The predicted molar refractivity (Wildman–Crippen MR) is 81.1 cm³/mol. The van der Waals surface area contributed by atoms with Crippen LogP contribution in [-0.2, 0) is 4.79 Å². The molecule has 1 aromatic carbocycles. The Labute approximate surface area is 118 Å². The SMILES string of the molecule is CCCNC(=S)NC(=O)/C=C/c1ccc(OC)cc1. The minimum absolute atomic E-state index is 0.246. The number of carbonyl (C=O) groups excluding carboxylic acids is 1. The van der Waals surface area contributed by atoms with Crippen LogP contribution in [0.2, 0.25) is 0 Å². The molecule has 0 radical (unpaired) electrons. The molecule has 1 aromatic rings. The van der Waals surface area contributed by atoms with Crippen molar-refractivity contribution < 1.29 is 9.53 Å². The normalized spacial score (nSPS) is 10.2. The van der Waals surface area contributed by atoms with E-state index in [-0.39, 0.29) is 5.91 Å². The zero-order valence-electron chi connectivity index (χ0n) is 11.1. The van der Waals surface area contributed by atoms with Gasteiger partial charge in [-0.3, -0.25) is 10.1 Å². The van der Waals surface area contributed by atoms with Crippen molar-refractivity contribution in [3.63, 3.8) is 0 Å². The molecule has 0 fully saturated rings. The van der Waals surface area contributed by atoms with E-state index in [0.29, 0.717) is 5.11 Å². The van der Waals surface area contributed by atoms with Crippen LogP contribution >= 0.6 is 12.2 Å². The van der Waals surface area contributed by atoms with Gasteiger partial charge in [-0.2, -0.15) is 0 Å². The number of nitrogens with one attached hydrogen (secondary N) is 2. The number of amides is 1. The highest BCUT2D eigenvalue weighted by atomic mass is 32.1. The highest BCUT2D eigenvalue weighted by Crippen LogP contribution is 2.12. The number of carbonyl (C=O) groups is 1. The largest absolute Gasteiger partial charge is 0.497 e.